The molecule has 2 heterocycles. The summed E-state index contributed by atoms with van der Waals surface area (Å²) in [5.41, 5.74) is 3.32. The van der Waals surface area contributed by atoms with Gasteiger partial charge in [0.15, 0.2) is 0 Å². The van der Waals surface area contributed by atoms with Gasteiger partial charge < -0.3 is 0 Å². The van der Waals surface area contributed by atoms with Crippen molar-refractivity contribution in [3.05, 3.63) is 84.3 Å². The third-order valence-corrected chi connectivity index (χ3v) is 5.80. The first-order chi connectivity index (χ1) is 13.0. The van der Waals surface area contributed by atoms with Gasteiger partial charge in [0.2, 0.25) is 10.0 Å². The van der Waals surface area contributed by atoms with Crippen LogP contribution in [0.15, 0.2) is 78.1 Å². The van der Waals surface area contributed by atoms with E-state index in [0.717, 1.165) is 16.8 Å². The summed E-state index contributed by atoms with van der Waals surface area (Å²) < 4.78 is 30.1. The van der Waals surface area contributed by atoms with Crippen LogP contribution in [0, 0.1) is 6.92 Å². The number of rotatable bonds is 5. The first-order valence-corrected chi connectivity index (χ1v) is 9.96. The second-order valence-corrected chi connectivity index (χ2v) is 7.97. The van der Waals surface area contributed by atoms with Crippen molar-refractivity contribution in [1.82, 2.24) is 19.5 Å². The molecule has 27 heavy (non-hydrogen) atoms. The normalized spacial score (nSPS) is 11.7. The molecule has 6 nitrogen and oxygen atoms in total. The minimum atomic E-state index is -3.68. The van der Waals surface area contributed by atoms with Crippen LogP contribution in [0.2, 0.25) is 0 Å². The zero-order valence-corrected chi connectivity index (χ0v) is 15.5. The molecule has 4 aromatic rings. The Bertz CT molecular complexity index is 1200. The highest BCUT2D eigenvalue weighted by molar-refractivity contribution is 7.89. The van der Waals surface area contributed by atoms with Gasteiger partial charge in [-0.1, -0.05) is 24.3 Å². The fourth-order valence-corrected chi connectivity index (χ4v) is 4.17. The third kappa shape index (κ3) is 3.47. The maximum atomic E-state index is 12.8. The Morgan fingerprint density at radius 3 is 2.67 bits per heavy atom. The van der Waals surface area contributed by atoms with E-state index < -0.39 is 10.0 Å². The van der Waals surface area contributed by atoms with E-state index in [1.165, 1.54) is 0 Å². The highest BCUT2D eigenvalue weighted by Crippen LogP contribution is 2.24. The van der Waals surface area contributed by atoms with Gasteiger partial charge in [-0.15, -0.1) is 0 Å². The molecule has 0 aliphatic carbocycles. The highest BCUT2D eigenvalue weighted by atomic mass is 32.2. The lowest BCUT2D eigenvalue weighted by Gasteiger charge is -2.10. The van der Waals surface area contributed by atoms with Crippen molar-refractivity contribution in [2.45, 2.75) is 18.4 Å². The molecule has 0 fully saturated rings. The fraction of sp³-hybridized carbons (Fsp3) is 0.100. The summed E-state index contributed by atoms with van der Waals surface area (Å²) in [6.07, 6.45) is 5.13. The number of sulfonamides is 1. The summed E-state index contributed by atoms with van der Waals surface area (Å²) in [6, 6.07) is 16.6. The SMILES string of the molecule is Cc1ccc(S(=O)(=O)NCc2cnn(-c3ccccc3)c2)c2cccnc12. The molecule has 0 radical (unpaired) electrons. The molecular weight excluding hydrogens is 360 g/mol. The fourth-order valence-electron chi connectivity index (χ4n) is 2.95. The molecule has 0 bridgehead atoms. The van der Waals surface area contributed by atoms with E-state index in [9.17, 15) is 8.42 Å². The van der Waals surface area contributed by atoms with Gasteiger partial charge in [0, 0.05) is 29.9 Å². The Balaban J connectivity index is 1.59. The molecule has 4 rings (SSSR count). The molecule has 0 saturated heterocycles. The highest BCUT2D eigenvalue weighted by Gasteiger charge is 2.18. The van der Waals surface area contributed by atoms with Crippen LogP contribution in [0.25, 0.3) is 16.6 Å². The molecule has 0 spiro atoms. The largest absolute Gasteiger partial charge is 0.256 e. The van der Waals surface area contributed by atoms with Crippen LogP contribution in [0.3, 0.4) is 0 Å². The van der Waals surface area contributed by atoms with Gasteiger partial charge in [-0.2, -0.15) is 5.10 Å². The number of nitrogens with zero attached hydrogens (tertiary/aromatic N) is 3. The molecule has 1 N–H and O–H groups in total. The van der Waals surface area contributed by atoms with E-state index in [2.05, 4.69) is 14.8 Å². The van der Waals surface area contributed by atoms with Crippen molar-refractivity contribution in [2.24, 2.45) is 0 Å². The number of benzene rings is 2. The van der Waals surface area contributed by atoms with Crippen molar-refractivity contribution < 1.29 is 8.42 Å². The van der Waals surface area contributed by atoms with Crippen molar-refractivity contribution >= 4 is 20.9 Å². The molecule has 7 heteroatoms. The van der Waals surface area contributed by atoms with E-state index in [-0.39, 0.29) is 11.4 Å². The van der Waals surface area contributed by atoms with Crippen molar-refractivity contribution in [2.75, 3.05) is 0 Å². The van der Waals surface area contributed by atoms with E-state index in [1.807, 2.05) is 43.5 Å². The lowest BCUT2D eigenvalue weighted by Crippen LogP contribution is -2.23. The minimum absolute atomic E-state index is 0.158. The number of hydrogen-bond acceptors (Lipinski definition) is 4. The average Bonchev–Trinajstić information content (AvgIpc) is 3.17. The predicted octanol–water partition coefficient (Wildman–Crippen LogP) is 3.21. The summed E-state index contributed by atoms with van der Waals surface area (Å²) in [5.74, 6) is 0. The molecule has 2 aromatic carbocycles. The summed E-state index contributed by atoms with van der Waals surface area (Å²) in [4.78, 5) is 4.53. The van der Waals surface area contributed by atoms with Crippen molar-refractivity contribution in [1.29, 1.82) is 0 Å². The molecule has 136 valence electrons. The van der Waals surface area contributed by atoms with Gasteiger partial charge in [-0.25, -0.2) is 17.8 Å². The van der Waals surface area contributed by atoms with Crippen LogP contribution in [0.4, 0.5) is 0 Å². The number of fused-ring (bicyclic) bond motifs is 1. The number of aryl methyl sites for hydroxylation is 1. The predicted molar refractivity (Wildman–Crippen MR) is 104 cm³/mol. The zero-order chi connectivity index (χ0) is 18.9. The Morgan fingerprint density at radius 2 is 1.85 bits per heavy atom. The smallest absolute Gasteiger partial charge is 0.241 e. The number of aromatic nitrogens is 3. The number of hydrogen-bond donors (Lipinski definition) is 1. The summed E-state index contributed by atoms with van der Waals surface area (Å²) in [6.45, 7) is 2.07. The van der Waals surface area contributed by atoms with Gasteiger partial charge in [0.25, 0.3) is 0 Å². The summed E-state index contributed by atoms with van der Waals surface area (Å²) >= 11 is 0. The second kappa shape index (κ2) is 6.94. The van der Waals surface area contributed by atoms with Crippen LogP contribution >= 0.6 is 0 Å². The van der Waals surface area contributed by atoms with Gasteiger partial charge >= 0.3 is 0 Å². The lowest BCUT2D eigenvalue weighted by atomic mass is 10.1. The number of pyridine rings is 1. The first kappa shape index (κ1) is 17.4. The van der Waals surface area contributed by atoms with Crippen molar-refractivity contribution in [3.8, 4) is 5.69 Å². The molecule has 0 saturated carbocycles. The lowest BCUT2D eigenvalue weighted by molar-refractivity contribution is 0.582. The average molecular weight is 378 g/mol. The standard InChI is InChI=1S/C20H18N4O2S/c1-15-9-10-19(18-8-5-11-21-20(15)18)27(25,26)23-13-16-12-22-24(14-16)17-6-3-2-4-7-17/h2-12,14,23H,13H2,1H3. The molecule has 0 aliphatic rings. The minimum Gasteiger partial charge on any atom is -0.256 e. The van der Waals surface area contributed by atoms with E-state index in [1.54, 1.807) is 41.3 Å². The van der Waals surface area contributed by atoms with Gasteiger partial charge in [0.1, 0.15) is 0 Å². The molecule has 0 aliphatic heterocycles. The molecule has 0 unspecified atom stereocenters. The monoisotopic (exact) mass is 378 g/mol. The van der Waals surface area contributed by atoms with Gasteiger partial charge in [0.05, 0.1) is 22.3 Å². The molecule has 0 amide bonds. The van der Waals surface area contributed by atoms with Crippen molar-refractivity contribution in [3.63, 3.8) is 0 Å². The Labute approximate surface area is 157 Å². The van der Waals surface area contributed by atoms with E-state index >= 15 is 0 Å². The van der Waals surface area contributed by atoms with Crippen LogP contribution in [0.1, 0.15) is 11.1 Å². The van der Waals surface area contributed by atoms with E-state index in [0.29, 0.717) is 10.9 Å². The number of para-hydroxylation sites is 1. The Kier molecular flexibility index (Phi) is 4.47. The maximum absolute atomic E-state index is 12.8. The number of nitrogens with one attached hydrogen (secondary N) is 1. The van der Waals surface area contributed by atoms with Crippen LogP contribution < -0.4 is 4.72 Å². The summed E-state index contributed by atoms with van der Waals surface area (Å²) in [5, 5.41) is 4.91. The van der Waals surface area contributed by atoms with Crippen LogP contribution in [-0.2, 0) is 16.6 Å². The zero-order valence-electron chi connectivity index (χ0n) is 14.7. The van der Waals surface area contributed by atoms with Gasteiger partial charge in [-0.3, -0.25) is 4.98 Å². The maximum Gasteiger partial charge on any atom is 0.241 e. The first-order valence-electron chi connectivity index (χ1n) is 8.47. The van der Waals surface area contributed by atoms with Crippen LogP contribution in [-0.4, -0.2) is 23.2 Å². The quantitative estimate of drug-likeness (QED) is 0.578. The molecular formula is C20H18N4O2S. The summed E-state index contributed by atoms with van der Waals surface area (Å²) in [7, 11) is -3.68. The topological polar surface area (TPSA) is 76.9 Å². The Hall–Kier alpha value is -3.03. The second-order valence-electron chi connectivity index (χ2n) is 6.23. The van der Waals surface area contributed by atoms with Gasteiger partial charge in [-0.05, 0) is 42.8 Å². The molecule has 0 atom stereocenters. The third-order valence-electron chi connectivity index (χ3n) is 4.34. The Morgan fingerprint density at radius 1 is 1.04 bits per heavy atom. The molecule has 2 aromatic heterocycles. The van der Waals surface area contributed by atoms with E-state index in [4.69, 9.17) is 0 Å². The van der Waals surface area contributed by atoms with Crippen LogP contribution in [0.5, 0.6) is 0 Å².